The summed E-state index contributed by atoms with van der Waals surface area (Å²) in [5.41, 5.74) is 8.36. The number of nitrogen functional groups attached to an aromatic ring is 1. The van der Waals surface area contributed by atoms with Gasteiger partial charge in [0.05, 0.1) is 6.04 Å². The molecule has 25 heavy (non-hydrogen) atoms. The summed E-state index contributed by atoms with van der Waals surface area (Å²) in [4.78, 5) is 13.6. The molecular formula is C17H19Cl2N5S. The van der Waals surface area contributed by atoms with Gasteiger partial charge < -0.3 is 11.1 Å². The van der Waals surface area contributed by atoms with Crippen molar-refractivity contribution in [3.8, 4) is 0 Å². The molecule has 2 aromatic heterocycles. The molecule has 0 aliphatic heterocycles. The smallest absolute Gasteiger partial charge is 0.228 e. The van der Waals surface area contributed by atoms with Crippen LogP contribution in [0.3, 0.4) is 0 Å². The zero-order chi connectivity index (χ0) is 18.4. The monoisotopic (exact) mass is 395 g/mol. The average molecular weight is 396 g/mol. The number of anilines is 2. The highest BCUT2D eigenvalue weighted by atomic mass is 35.5. The van der Waals surface area contributed by atoms with Crippen molar-refractivity contribution in [3.63, 3.8) is 0 Å². The first kappa shape index (κ1) is 18.2. The number of nitrogens with one attached hydrogen (secondary N) is 1. The third-order valence-corrected chi connectivity index (χ3v) is 5.83. The lowest BCUT2D eigenvalue weighted by molar-refractivity contribution is 0.806. The van der Waals surface area contributed by atoms with Crippen molar-refractivity contribution in [2.45, 2.75) is 38.1 Å². The second-order valence-corrected chi connectivity index (χ2v) is 8.96. The van der Waals surface area contributed by atoms with E-state index in [2.05, 4.69) is 52.3 Å². The Kier molecular flexibility index (Phi) is 4.79. The number of aromatic nitrogens is 3. The molecule has 0 fully saturated rings. The number of aryl methyl sites for hydroxylation is 2. The highest BCUT2D eigenvalue weighted by Gasteiger charge is 2.25. The Morgan fingerprint density at radius 3 is 2.60 bits per heavy atom. The van der Waals surface area contributed by atoms with Crippen LogP contribution in [0.1, 0.15) is 41.7 Å². The van der Waals surface area contributed by atoms with Crippen molar-refractivity contribution in [3.05, 3.63) is 40.0 Å². The van der Waals surface area contributed by atoms with Crippen molar-refractivity contribution in [2.75, 3.05) is 11.1 Å². The minimum absolute atomic E-state index is 0.00339. The van der Waals surface area contributed by atoms with E-state index in [4.69, 9.17) is 28.9 Å². The fraction of sp³-hybridized carbons (Fsp3) is 0.353. The summed E-state index contributed by atoms with van der Waals surface area (Å²) in [6.45, 7) is 7.92. The Morgan fingerprint density at radius 1 is 1.20 bits per heavy atom. The van der Waals surface area contributed by atoms with E-state index in [1.807, 2.05) is 6.92 Å². The molecule has 1 aromatic carbocycles. The van der Waals surface area contributed by atoms with Crippen LogP contribution in [0, 0.1) is 13.8 Å². The highest BCUT2D eigenvalue weighted by molar-refractivity contribution is 7.19. The molecule has 2 heterocycles. The zero-order valence-electron chi connectivity index (χ0n) is 14.4. The number of nitrogens with two attached hydrogens (primary N) is 1. The number of hydrogen-bond donors (Lipinski definition) is 2. The van der Waals surface area contributed by atoms with Crippen LogP contribution < -0.4 is 11.1 Å². The van der Waals surface area contributed by atoms with Gasteiger partial charge in [-0.1, -0.05) is 35.3 Å². The van der Waals surface area contributed by atoms with Crippen molar-refractivity contribution >= 4 is 56.5 Å². The minimum atomic E-state index is -1.23. The number of rotatable bonds is 4. The lowest BCUT2D eigenvalue weighted by atomic mass is 10.1. The molecule has 132 valence electrons. The maximum Gasteiger partial charge on any atom is 0.228 e. The fourth-order valence-electron chi connectivity index (χ4n) is 2.49. The lowest BCUT2D eigenvalue weighted by Gasteiger charge is -2.16. The van der Waals surface area contributed by atoms with Crippen LogP contribution in [0.5, 0.6) is 0 Å². The summed E-state index contributed by atoms with van der Waals surface area (Å²) in [5, 5.41) is 4.50. The zero-order valence-corrected chi connectivity index (χ0v) is 16.7. The summed E-state index contributed by atoms with van der Waals surface area (Å²) in [6.07, 6.45) is 0. The molecule has 0 aliphatic rings. The van der Waals surface area contributed by atoms with Crippen LogP contribution >= 0.6 is 34.5 Å². The third-order valence-electron chi connectivity index (χ3n) is 4.04. The molecule has 0 radical (unpaired) electrons. The van der Waals surface area contributed by atoms with E-state index in [9.17, 15) is 0 Å². The van der Waals surface area contributed by atoms with Crippen molar-refractivity contribution < 1.29 is 0 Å². The van der Waals surface area contributed by atoms with E-state index in [-0.39, 0.29) is 17.8 Å². The Morgan fingerprint density at radius 2 is 1.92 bits per heavy atom. The van der Waals surface area contributed by atoms with Crippen molar-refractivity contribution in [1.29, 1.82) is 0 Å². The topological polar surface area (TPSA) is 76.7 Å². The van der Waals surface area contributed by atoms with Gasteiger partial charge >= 0.3 is 0 Å². The molecule has 3 rings (SSSR count). The predicted molar refractivity (Wildman–Crippen MR) is 107 cm³/mol. The summed E-state index contributed by atoms with van der Waals surface area (Å²) in [7, 11) is 0. The number of hydrogen-bond acceptors (Lipinski definition) is 6. The first-order valence-electron chi connectivity index (χ1n) is 7.81. The van der Waals surface area contributed by atoms with Gasteiger partial charge in [-0.2, -0.15) is 15.0 Å². The van der Waals surface area contributed by atoms with Gasteiger partial charge in [-0.25, -0.2) is 0 Å². The van der Waals surface area contributed by atoms with E-state index in [1.165, 1.54) is 26.1 Å². The van der Waals surface area contributed by atoms with E-state index < -0.39 is 4.33 Å². The number of benzene rings is 1. The molecular weight excluding hydrogens is 377 g/mol. The summed E-state index contributed by atoms with van der Waals surface area (Å²) >= 11 is 13.9. The molecule has 0 saturated heterocycles. The third kappa shape index (κ3) is 3.81. The molecule has 5 nitrogen and oxygen atoms in total. The lowest BCUT2D eigenvalue weighted by Crippen LogP contribution is -2.17. The molecule has 0 aliphatic carbocycles. The van der Waals surface area contributed by atoms with E-state index in [0.29, 0.717) is 5.95 Å². The molecule has 0 bridgehead atoms. The molecule has 1 atom stereocenters. The first-order chi connectivity index (χ1) is 11.6. The Hall–Kier alpha value is -1.63. The van der Waals surface area contributed by atoms with Gasteiger partial charge in [-0.05, 0) is 50.3 Å². The van der Waals surface area contributed by atoms with Crippen molar-refractivity contribution in [2.24, 2.45) is 0 Å². The standard InChI is InChI=1S/C17H19Cl2N5S/c1-8-5-6-11-7-12(25-13(11)9(8)2)10(3)21-16-23-14(17(4,18)19)22-15(20)24-16/h5-7,10H,1-4H3,(H3,20,21,22,23,24). The minimum Gasteiger partial charge on any atom is -0.368 e. The van der Waals surface area contributed by atoms with Gasteiger partial charge in [0.1, 0.15) is 0 Å². The van der Waals surface area contributed by atoms with Gasteiger partial charge in [0.25, 0.3) is 0 Å². The fourth-order valence-corrected chi connectivity index (χ4v) is 3.88. The predicted octanol–water partition coefficient (Wildman–Crippen LogP) is 5.11. The highest BCUT2D eigenvalue weighted by Crippen LogP contribution is 2.35. The van der Waals surface area contributed by atoms with Crippen LogP contribution in [-0.4, -0.2) is 15.0 Å². The van der Waals surface area contributed by atoms with E-state index in [1.54, 1.807) is 18.3 Å². The van der Waals surface area contributed by atoms with Gasteiger partial charge in [-0.3, -0.25) is 0 Å². The Labute approximate surface area is 160 Å². The van der Waals surface area contributed by atoms with E-state index >= 15 is 0 Å². The molecule has 8 heteroatoms. The Balaban J connectivity index is 1.91. The number of thiophene rings is 1. The molecule has 3 aromatic rings. The molecule has 0 spiro atoms. The number of fused-ring (bicyclic) bond motifs is 1. The largest absolute Gasteiger partial charge is 0.368 e. The average Bonchev–Trinajstić information content (AvgIpc) is 2.95. The molecule has 0 saturated carbocycles. The van der Waals surface area contributed by atoms with Gasteiger partial charge in [0, 0.05) is 9.58 Å². The molecule has 0 amide bonds. The van der Waals surface area contributed by atoms with Gasteiger partial charge in [-0.15, -0.1) is 11.3 Å². The van der Waals surface area contributed by atoms with Crippen LogP contribution in [0.4, 0.5) is 11.9 Å². The van der Waals surface area contributed by atoms with E-state index in [0.717, 1.165) is 0 Å². The second-order valence-electron chi connectivity index (χ2n) is 6.17. The van der Waals surface area contributed by atoms with Gasteiger partial charge in [0.2, 0.25) is 11.9 Å². The van der Waals surface area contributed by atoms with Crippen LogP contribution in [0.25, 0.3) is 10.1 Å². The maximum atomic E-state index is 6.07. The van der Waals surface area contributed by atoms with Gasteiger partial charge in [0.15, 0.2) is 10.2 Å². The number of nitrogens with zero attached hydrogens (tertiary/aromatic N) is 3. The first-order valence-corrected chi connectivity index (χ1v) is 9.38. The summed E-state index contributed by atoms with van der Waals surface area (Å²) in [6, 6.07) is 6.48. The van der Waals surface area contributed by atoms with Crippen LogP contribution in [0.15, 0.2) is 18.2 Å². The van der Waals surface area contributed by atoms with Crippen LogP contribution in [0.2, 0.25) is 0 Å². The number of alkyl halides is 2. The maximum absolute atomic E-state index is 6.07. The molecule has 1 unspecified atom stereocenters. The quantitative estimate of drug-likeness (QED) is 0.600. The van der Waals surface area contributed by atoms with Crippen molar-refractivity contribution in [1.82, 2.24) is 15.0 Å². The number of halogens is 2. The normalized spacial score (nSPS) is 13.2. The SMILES string of the molecule is Cc1ccc2cc(C(C)Nc3nc(N)nc(C(C)(Cl)Cl)n3)sc2c1C. The molecule has 3 N–H and O–H groups in total. The second kappa shape index (κ2) is 6.59. The van der Waals surface area contributed by atoms with Crippen LogP contribution in [-0.2, 0) is 4.33 Å². The summed E-state index contributed by atoms with van der Waals surface area (Å²) in [5.74, 6) is 0.656. The Bertz CT molecular complexity index is 933. The summed E-state index contributed by atoms with van der Waals surface area (Å²) < 4.78 is 0.0665.